The van der Waals surface area contributed by atoms with Crippen molar-refractivity contribution in [2.45, 2.75) is 12.3 Å². The third kappa shape index (κ3) is 2.97. The molecule has 78 valence electrons. The zero-order valence-electron chi connectivity index (χ0n) is 7.96. The molecule has 2 nitrogen and oxygen atoms in total. The normalized spacial score (nSPS) is 12.6. The van der Waals surface area contributed by atoms with E-state index in [1.165, 1.54) is 11.3 Å². The van der Waals surface area contributed by atoms with Gasteiger partial charge in [0.05, 0.1) is 0 Å². The molecular formula is C9H11BrClNOS. The number of carbonyl (C=O) groups excluding carboxylic acids is 1. The molecule has 0 fully saturated rings. The molecule has 0 aliphatic heterocycles. The maximum atomic E-state index is 11.8. The van der Waals surface area contributed by atoms with Gasteiger partial charge in [-0.3, -0.25) is 4.79 Å². The summed E-state index contributed by atoms with van der Waals surface area (Å²) in [4.78, 5) is 14.2. The summed E-state index contributed by atoms with van der Waals surface area (Å²) in [7, 11) is 1.76. The molecule has 1 unspecified atom stereocenters. The second-order valence-corrected chi connectivity index (χ2v) is 5.58. The van der Waals surface area contributed by atoms with Crippen LogP contribution in [0.1, 0.15) is 16.6 Å². The van der Waals surface area contributed by atoms with Crippen molar-refractivity contribution in [3.63, 3.8) is 0 Å². The van der Waals surface area contributed by atoms with Crippen molar-refractivity contribution in [2.24, 2.45) is 0 Å². The second-order valence-electron chi connectivity index (χ2n) is 3.06. The van der Waals surface area contributed by atoms with E-state index < -0.39 is 0 Å². The van der Waals surface area contributed by atoms with Gasteiger partial charge in [-0.15, -0.1) is 22.9 Å². The fourth-order valence-electron chi connectivity index (χ4n) is 1.08. The summed E-state index contributed by atoms with van der Waals surface area (Å²) in [6.07, 6.45) is 0. The highest BCUT2D eigenvalue weighted by atomic mass is 79.9. The van der Waals surface area contributed by atoms with Crippen molar-refractivity contribution in [3.05, 3.63) is 20.8 Å². The minimum Gasteiger partial charge on any atom is -0.340 e. The Kier molecular flexibility index (Phi) is 4.41. The van der Waals surface area contributed by atoms with Crippen LogP contribution in [0, 0.1) is 0 Å². The van der Waals surface area contributed by atoms with Crippen molar-refractivity contribution < 1.29 is 4.79 Å². The largest absolute Gasteiger partial charge is 0.340 e. The molecule has 0 radical (unpaired) electrons. The zero-order valence-corrected chi connectivity index (χ0v) is 11.1. The molecule has 0 saturated heterocycles. The van der Waals surface area contributed by atoms with Gasteiger partial charge in [0.15, 0.2) is 0 Å². The van der Waals surface area contributed by atoms with Gasteiger partial charge in [0, 0.05) is 23.4 Å². The van der Waals surface area contributed by atoms with Crippen LogP contribution < -0.4 is 0 Å². The minimum absolute atomic E-state index is 0.0133. The molecule has 1 amide bonds. The Morgan fingerprint density at radius 3 is 2.86 bits per heavy atom. The highest BCUT2D eigenvalue weighted by Gasteiger charge is 2.16. The molecule has 5 heteroatoms. The van der Waals surface area contributed by atoms with Gasteiger partial charge in [0.25, 0.3) is 5.91 Å². The highest BCUT2D eigenvalue weighted by molar-refractivity contribution is 9.10. The van der Waals surface area contributed by atoms with Gasteiger partial charge in [-0.2, -0.15) is 0 Å². The second kappa shape index (κ2) is 5.14. The monoisotopic (exact) mass is 295 g/mol. The fourth-order valence-corrected chi connectivity index (χ4v) is 2.82. The molecular weight excluding hydrogens is 286 g/mol. The molecule has 0 aliphatic carbocycles. The van der Waals surface area contributed by atoms with Gasteiger partial charge < -0.3 is 4.90 Å². The first-order valence-electron chi connectivity index (χ1n) is 4.15. The van der Waals surface area contributed by atoms with E-state index >= 15 is 0 Å². The molecule has 1 rings (SSSR count). The third-order valence-corrected chi connectivity index (χ3v) is 3.65. The van der Waals surface area contributed by atoms with Crippen LogP contribution in [-0.2, 0) is 0 Å². The maximum Gasteiger partial charge on any atom is 0.264 e. The average Bonchev–Trinajstić information content (AvgIpc) is 2.48. The predicted octanol–water partition coefficient (Wildman–Crippen LogP) is 3.21. The molecule has 0 aliphatic rings. The fraction of sp³-hybridized carbons (Fsp3) is 0.444. The lowest BCUT2D eigenvalue weighted by molar-refractivity contribution is 0.0800. The Morgan fingerprint density at radius 2 is 2.43 bits per heavy atom. The Hall–Kier alpha value is -0.0600. The summed E-state index contributed by atoms with van der Waals surface area (Å²) in [6, 6.07) is 1.87. The Morgan fingerprint density at radius 1 is 1.79 bits per heavy atom. The number of alkyl halides is 1. The van der Waals surface area contributed by atoms with Crippen molar-refractivity contribution >= 4 is 44.8 Å². The molecule has 1 heterocycles. The van der Waals surface area contributed by atoms with E-state index in [0.29, 0.717) is 6.54 Å². The smallest absolute Gasteiger partial charge is 0.264 e. The molecule has 0 bridgehead atoms. The Balaban J connectivity index is 2.71. The highest BCUT2D eigenvalue weighted by Crippen LogP contribution is 2.23. The van der Waals surface area contributed by atoms with Gasteiger partial charge in [-0.1, -0.05) is 0 Å². The summed E-state index contributed by atoms with van der Waals surface area (Å²) >= 11 is 10.6. The van der Waals surface area contributed by atoms with Crippen LogP contribution in [0.4, 0.5) is 0 Å². The molecule has 1 aromatic heterocycles. The third-order valence-electron chi connectivity index (χ3n) is 1.68. The Labute approximate surface area is 101 Å². The van der Waals surface area contributed by atoms with E-state index in [0.717, 1.165) is 9.35 Å². The van der Waals surface area contributed by atoms with Crippen LogP contribution in [0.5, 0.6) is 0 Å². The van der Waals surface area contributed by atoms with E-state index in [9.17, 15) is 4.79 Å². The molecule has 1 atom stereocenters. The quantitative estimate of drug-likeness (QED) is 0.784. The van der Waals surface area contributed by atoms with E-state index in [1.807, 2.05) is 18.4 Å². The number of amides is 1. The van der Waals surface area contributed by atoms with Crippen molar-refractivity contribution in [1.29, 1.82) is 0 Å². The minimum atomic E-state index is -0.0253. The summed E-state index contributed by atoms with van der Waals surface area (Å²) in [5, 5.41) is 1.86. The summed E-state index contributed by atoms with van der Waals surface area (Å²) in [5.74, 6) is 0.0133. The molecule has 0 aromatic carbocycles. The SMILES string of the molecule is CC(Cl)CN(C)C(=O)c1sccc1Br. The van der Waals surface area contributed by atoms with E-state index in [4.69, 9.17) is 11.6 Å². The molecule has 0 saturated carbocycles. The van der Waals surface area contributed by atoms with Crippen LogP contribution in [0.3, 0.4) is 0 Å². The number of rotatable bonds is 3. The Bertz CT molecular complexity index is 326. The molecule has 1 aromatic rings. The topological polar surface area (TPSA) is 20.3 Å². The van der Waals surface area contributed by atoms with Crippen LogP contribution in [0.25, 0.3) is 0 Å². The lowest BCUT2D eigenvalue weighted by Crippen LogP contribution is -2.30. The number of carbonyl (C=O) groups is 1. The van der Waals surface area contributed by atoms with Gasteiger partial charge in [0.2, 0.25) is 0 Å². The predicted molar refractivity (Wildman–Crippen MR) is 64.3 cm³/mol. The van der Waals surface area contributed by atoms with Crippen molar-refractivity contribution in [3.8, 4) is 0 Å². The number of halogens is 2. The van der Waals surface area contributed by atoms with Gasteiger partial charge in [-0.05, 0) is 34.3 Å². The van der Waals surface area contributed by atoms with Crippen LogP contribution >= 0.6 is 38.9 Å². The van der Waals surface area contributed by atoms with Gasteiger partial charge in [-0.25, -0.2) is 0 Å². The van der Waals surface area contributed by atoms with Crippen LogP contribution in [-0.4, -0.2) is 29.8 Å². The standard InChI is InChI=1S/C9H11BrClNOS/c1-6(11)5-12(2)9(13)8-7(10)3-4-14-8/h3-4,6H,5H2,1-2H3. The van der Waals surface area contributed by atoms with Crippen LogP contribution in [0.2, 0.25) is 0 Å². The number of nitrogens with zero attached hydrogens (tertiary/aromatic N) is 1. The zero-order chi connectivity index (χ0) is 10.7. The summed E-state index contributed by atoms with van der Waals surface area (Å²) in [6.45, 7) is 2.43. The van der Waals surface area contributed by atoms with E-state index in [2.05, 4.69) is 15.9 Å². The lowest BCUT2D eigenvalue weighted by atomic mass is 10.3. The summed E-state index contributed by atoms with van der Waals surface area (Å²) < 4.78 is 0.849. The van der Waals surface area contributed by atoms with E-state index in [1.54, 1.807) is 11.9 Å². The average molecular weight is 297 g/mol. The van der Waals surface area contributed by atoms with E-state index in [-0.39, 0.29) is 11.3 Å². The van der Waals surface area contributed by atoms with Gasteiger partial charge in [0.1, 0.15) is 4.88 Å². The first-order chi connectivity index (χ1) is 6.52. The first-order valence-corrected chi connectivity index (χ1v) is 6.25. The molecule has 0 spiro atoms. The molecule has 14 heavy (non-hydrogen) atoms. The van der Waals surface area contributed by atoms with Crippen LogP contribution in [0.15, 0.2) is 15.9 Å². The number of hydrogen-bond donors (Lipinski definition) is 0. The molecule has 0 N–H and O–H groups in total. The number of hydrogen-bond acceptors (Lipinski definition) is 2. The summed E-state index contributed by atoms with van der Waals surface area (Å²) in [5.41, 5.74) is 0. The first kappa shape index (κ1) is 12.0. The van der Waals surface area contributed by atoms with Crippen molar-refractivity contribution in [2.75, 3.05) is 13.6 Å². The maximum absolute atomic E-state index is 11.8. The van der Waals surface area contributed by atoms with Crippen molar-refractivity contribution in [1.82, 2.24) is 4.90 Å². The number of thiophene rings is 1. The lowest BCUT2D eigenvalue weighted by Gasteiger charge is -2.17. The van der Waals surface area contributed by atoms with Gasteiger partial charge >= 0.3 is 0 Å².